The van der Waals surface area contributed by atoms with Gasteiger partial charge in [0, 0.05) is 42.3 Å². The number of amides is 3. The number of imide groups is 1. The minimum atomic E-state index is -1.26. The summed E-state index contributed by atoms with van der Waals surface area (Å²) < 4.78 is 0. The highest BCUT2D eigenvalue weighted by atomic mass is 16.4. The highest BCUT2D eigenvalue weighted by Gasteiger charge is 2.27. The van der Waals surface area contributed by atoms with E-state index < -0.39 is 11.9 Å². The number of fused-ring (bicyclic) bond motifs is 1. The van der Waals surface area contributed by atoms with Crippen LogP contribution in [0.2, 0.25) is 0 Å². The number of carbonyl (C=O) groups is 4. The first-order valence-electron chi connectivity index (χ1n) is 9.63. The normalized spacial score (nSPS) is 13.2. The van der Waals surface area contributed by atoms with E-state index in [1.807, 2.05) is 6.07 Å². The minimum absolute atomic E-state index is 0. The van der Waals surface area contributed by atoms with Gasteiger partial charge in [-0.2, -0.15) is 0 Å². The Morgan fingerprint density at radius 1 is 1.12 bits per heavy atom. The maximum absolute atomic E-state index is 11.6. The number of carboxylic acid groups (broad SMARTS) is 2. The predicted molar refractivity (Wildman–Crippen MR) is 117 cm³/mol. The number of urea groups is 1. The fourth-order valence-electron chi connectivity index (χ4n) is 3.00. The van der Waals surface area contributed by atoms with Crippen molar-refractivity contribution in [1.29, 1.82) is 0 Å². The van der Waals surface area contributed by atoms with Gasteiger partial charge < -0.3 is 30.9 Å². The largest absolute Gasteiger partial charge is 0.478 e. The average molecular weight is 448 g/mol. The lowest BCUT2D eigenvalue weighted by molar-refractivity contribution is -0.134. The van der Waals surface area contributed by atoms with Gasteiger partial charge in [-0.15, -0.1) is 0 Å². The molecule has 11 heteroatoms. The molecule has 3 amide bonds. The maximum atomic E-state index is 11.6. The molecule has 0 bridgehead atoms. The number of H-pyrrole nitrogens is 1. The number of hydrogen-bond acceptors (Lipinski definition) is 5. The van der Waals surface area contributed by atoms with Crippen molar-refractivity contribution in [3.8, 4) is 0 Å². The van der Waals surface area contributed by atoms with Crippen molar-refractivity contribution in [1.82, 2.24) is 20.1 Å². The van der Waals surface area contributed by atoms with Crippen LogP contribution >= 0.6 is 0 Å². The SMILES string of the molecule is CN(C)CCc1c[nH]c2ccc(CCN3C(=O)CNC3=O)cc12.O.O=C(O)C=CC(=O)O. The van der Waals surface area contributed by atoms with Crippen LogP contribution in [-0.4, -0.2) is 88.1 Å². The molecule has 0 unspecified atom stereocenters. The zero-order chi connectivity index (χ0) is 23.0. The van der Waals surface area contributed by atoms with Crippen LogP contribution in [-0.2, 0) is 27.2 Å². The summed E-state index contributed by atoms with van der Waals surface area (Å²) in [5, 5.41) is 19.4. The lowest BCUT2D eigenvalue weighted by Gasteiger charge is -2.12. The van der Waals surface area contributed by atoms with Crippen LogP contribution < -0.4 is 5.32 Å². The maximum Gasteiger partial charge on any atom is 0.328 e. The summed E-state index contributed by atoms with van der Waals surface area (Å²) in [5.74, 6) is -2.66. The number of nitrogens with zero attached hydrogens (tertiary/aromatic N) is 2. The van der Waals surface area contributed by atoms with E-state index >= 15 is 0 Å². The summed E-state index contributed by atoms with van der Waals surface area (Å²) in [6, 6.07) is 5.99. The van der Waals surface area contributed by atoms with Crippen molar-refractivity contribution < 1.29 is 34.9 Å². The summed E-state index contributed by atoms with van der Waals surface area (Å²) in [5.41, 5.74) is 3.55. The smallest absolute Gasteiger partial charge is 0.328 e. The molecule has 1 aromatic heterocycles. The molecule has 0 radical (unpaired) electrons. The molecule has 2 aromatic rings. The fraction of sp³-hybridized carbons (Fsp3) is 0.333. The van der Waals surface area contributed by atoms with Gasteiger partial charge in [0.15, 0.2) is 0 Å². The Kier molecular flexibility index (Phi) is 10.1. The third-order valence-electron chi connectivity index (χ3n) is 4.59. The summed E-state index contributed by atoms with van der Waals surface area (Å²) in [7, 11) is 4.14. The van der Waals surface area contributed by atoms with Crippen LogP contribution in [0.4, 0.5) is 4.79 Å². The highest BCUT2D eigenvalue weighted by Crippen LogP contribution is 2.21. The zero-order valence-corrected chi connectivity index (χ0v) is 17.9. The second-order valence-corrected chi connectivity index (χ2v) is 7.21. The minimum Gasteiger partial charge on any atom is -0.478 e. The molecule has 0 atom stereocenters. The molecule has 0 spiro atoms. The molecule has 0 saturated carbocycles. The molecule has 2 heterocycles. The third-order valence-corrected chi connectivity index (χ3v) is 4.59. The van der Waals surface area contributed by atoms with Crippen molar-refractivity contribution in [2.24, 2.45) is 0 Å². The van der Waals surface area contributed by atoms with Gasteiger partial charge in [0.2, 0.25) is 5.91 Å². The number of aromatic nitrogens is 1. The molecule has 1 saturated heterocycles. The Morgan fingerprint density at radius 3 is 2.31 bits per heavy atom. The van der Waals surface area contributed by atoms with E-state index in [2.05, 4.69) is 47.6 Å². The first-order valence-corrected chi connectivity index (χ1v) is 9.63. The number of rotatable bonds is 8. The van der Waals surface area contributed by atoms with Gasteiger partial charge >= 0.3 is 18.0 Å². The zero-order valence-electron chi connectivity index (χ0n) is 17.9. The number of carboxylic acids is 2. The van der Waals surface area contributed by atoms with Crippen LogP contribution in [0, 0.1) is 0 Å². The molecule has 32 heavy (non-hydrogen) atoms. The van der Waals surface area contributed by atoms with Gasteiger partial charge in [-0.1, -0.05) is 6.07 Å². The number of hydrogen-bond donors (Lipinski definition) is 4. The summed E-state index contributed by atoms with van der Waals surface area (Å²) in [6.45, 7) is 1.54. The first-order chi connectivity index (χ1) is 14.7. The second-order valence-electron chi connectivity index (χ2n) is 7.21. The van der Waals surface area contributed by atoms with E-state index in [4.69, 9.17) is 10.2 Å². The van der Waals surface area contributed by atoms with E-state index in [9.17, 15) is 19.2 Å². The number of benzene rings is 1. The molecule has 1 aliphatic rings. The molecule has 3 rings (SSSR count). The number of carbonyl (C=O) groups excluding carboxylic acids is 2. The molecule has 174 valence electrons. The Labute approximate surface area is 184 Å². The van der Waals surface area contributed by atoms with Crippen molar-refractivity contribution in [2.75, 3.05) is 33.7 Å². The van der Waals surface area contributed by atoms with Gasteiger partial charge in [-0.25, -0.2) is 14.4 Å². The Hall–Kier alpha value is -3.70. The fourth-order valence-corrected chi connectivity index (χ4v) is 3.00. The number of aromatic amines is 1. The summed E-state index contributed by atoms with van der Waals surface area (Å²) in [6.07, 6.45) is 4.84. The first kappa shape index (κ1) is 26.3. The topological polar surface area (TPSA) is 175 Å². The van der Waals surface area contributed by atoms with E-state index in [0.717, 1.165) is 24.0 Å². The van der Waals surface area contributed by atoms with Gasteiger partial charge in [0.05, 0.1) is 6.54 Å². The molecule has 0 aliphatic carbocycles. The lowest BCUT2D eigenvalue weighted by Crippen LogP contribution is -2.32. The third kappa shape index (κ3) is 7.85. The van der Waals surface area contributed by atoms with Gasteiger partial charge in [-0.3, -0.25) is 9.69 Å². The van der Waals surface area contributed by atoms with E-state index in [1.54, 1.807) is 0 Å². The van der Waals surface area contributed by atoms with Crippen LogP contribution in [0.3, 0.4) is 0 Å². The predicted octanol–water partition coefficient (Wildman–Crippen LogP) is 0.253. The standard InChI is InChI=1S/C17H22N4O2.C4H4O4.H2O/c1-20(2)7-6-13-10-18-15-4-3-12(9-14(13)15)5-8-21-16(22)11-19-17(21)23;5-3(6)1-2-4(7)8;/h3-4,9-10,18H,5-8,11H2,1-2H3,(H,19,23);1-2H,(H,5,6)(H,7,8);1H2. The van der Waals surface area contributed by atoms with Crippen LogP contribution in [0.25, 0.3) is 10.9 Å². The molecule has 6 N–H and O–H groups in total. The van der Waals surface area contributed by atoms with E-state index in [0.29, 0.717) is 25.1 Å². The second kappa shape index (κ2) is 12.2. The highest BCUT2D eigenvalue weighted by molar-refractivity contribution is 6.01. The summed E-state index contributed by atoms with van der Waals surface area (Å²) in [4.78, 5) is 49.0. The number of nitrogens with one attached hydrogen (secondary N) is 2. The average Bonchev–Trinajstić information content (AvgIpc) is 3.26. The van der Waals surface area contributed by atoms with E-state index in [1.165, 1.54) is 15.8 Å². The quantitative estimate of drug-likeness (QED) is 0.331. The molecule has 1 fully saturated rings. The molecular weight excluding hydrogens is 420 g/mol. The van der Waals surface area contributed by atoms with E-state index in [-0.39, 0.29) is 24.0 Å². The monoisotopic (exact) mass is 448 g/mol. The molecular formula is C21H28N4O7. The van der Waals surface area contributed by atoms with Crippen molar-refractivity contribution in [3.63, 3.8) is 0 Å². The van der Waals surface area contributed by atoms with Gasteiger partial charge in [0.25, 0.3) is 0 Å². The Bertz CT molecular complexity index is 965. The summed E-state index contributed by atoms with van der Waals surface area (Å²) >= 11 is 0. The van der Waals surface area contributed by atoms with Crippen molar-refractivity contribution in [2.45, 2.75) is 12.8 Å². The number of aliphatic carboxylic acids is 2. The molecule has 11 nitrogen and oxygen atoms in total. The Balaban J connectivity index is 0.000000491. The Morgan fingerprint density at radius 2 is 1.78 bits per heavy atom. The van der Waals surface area contributed by atoms with Gasteiger partial charge in [-0.05, 0) is 50.2 Å². The van der Waals surface area contributed by atoms with Crippen molar-refractivity contribution >= 4 is 34.8 Å². The number of likely N-dealkylation sites (N-methyl/N-ethyl adjacent to an activating group) is 1. The van der Waals surface area contributed by atoms with Crippen LogP contribution in [0.15, 0.2) is 36.5 Å². The van der Waals surface area contributed by atoms with Gasteiger partial charge in [0.1, 0.15) is 0 Å². The molecule has 1 aliphatic heterocycles. The van der Waals surface area contributed by atoms with Crippen LogP contribution in [0.1, 0.15) is 11.1 Å². The van der Waals surface area contributed by atoms with Crippen LogP contribution in [0.5, 0.6) is 0 Å². The molecule has 1 aromatic carbocycles. The lowest BCUT2D eigenvalue weighted by atomic mass is 10.1. The van der Waals surface area contributed by atoms with Crippen molar-refractivity contribution in [3.05, 3.63) is 47.7 Å².